The number of carboxylic acids is 1. The van der Waals surface area contributed by atoms with Crippen molar-refractivity contribution in [3.63, 3.8) is 0 Å². The fraction of sp³-hybridized carbons (Fsp3) is 0.500. The predicted molar refractivity (Wildman–Crippen MR) is 57.8 cm³/mol. The van der Waals surface area contributed by atoms with Crippen molar-refractivity contribution in [2.75, 3.05) is 0 Å². The van der Waals surface area contributed by atoms with Gasteiger partial charge in [-0.25, -0.2) is 5.48 Å². The fourth-order valence-corrected chi connectivity index (χ4v) is 0.597. The Balaban J connectivity index is 0. The van der Waals surface area contributed by atoms with E-state index in [0.29, 0.717) is 0 Å². The number of carboxylic acid groups (broad SMARTS) is 1. The van der Waals surface area contributed by atoms with E-state index in [1.54, 1.807) is 0 Å². The molecule has 0 aliphatic carbocycles. The Kier molecular flexibility index (Phi) is 10.1. The molecule has 0 aliphatic heterocycles. The van der Waals surface area contributed by atoms with Crippen LogP contribution >= 0.6 is 0 Å². The Morgan fingerprint density at radius 2 is 1.56 bits per heavy atom. The summed E-state index contributed by atoms with van der Waals surface area (Å²) >= 11 is 0. The lowest BCUT2D eigenvalue weighted by atomic mass is 10.2. The summed E-state index contributed by atoms with van der Waals surface area (Å²) in [5.74, 6) is -3.08. The van der Waals surface area contributed by atoms with Gasteiger partial charge >= 0.3 is 5.97 Å². The summed E-state index contributed by atoms with van der Waals surface area (Å²) in [6.45, 7) is 0. The lowest BCUT2D eigenvalue weighted by molar-refractivity contribution is -0.140. The molecular weight excluding hydrogens is 248 g/mol. The van der Waals surface area contributed by atoms with E-state index in [1.807, 2.05) is 0 Å². The van der Waals surface area contributed by atoms with Gasteiger partial charge in [-0.15, -0.1) is 0 Å². The van der Waals surface area contributed by atoms with Crippen molar-refractivity contribution in [2.24, 2.45) is 17.2 Å². The molecule has 10 heteroatoms. The van der Waals surface area contributed by atoms with Crippen LogP contribution in [-0.2, 0) is 19.2 Å². The van der Waals surface area contributed by atoms with E-state index in [-0.39, 0.29) is 19.3 Å². The van der Waals surface area contributed by atoms with Gasteiger partial charge in [0.25, 0.3) is 0 Å². The van der Waals surface area contributed by atoms with Gasteiger partial charge in [0.05, 0.1) is 6.42 Å². The van der Waals surface area contributed by atoms with E-state index in [1.165, 1.54) is 5.48 Å². The Labute approximate surface area is 102 Å². The number of nitrogens with one attached hydrogen (secondary N) is 1. The number of amides is 3. The first kappa shape index (κ1) is 18.2. The standard InChI is InChI=1S/2C4H8N2O3/c5-3(7)1-2-4(8)6-9;5-2(4(8)9)1-3(6)7/h9H,1-2H2,(H2,5,7)(H,6,8);2H,1,5H2,(H2,6,7)(H,8,9). The Morgan fingerprint density at radius 3 is 1.78 bits per heavy atom. The quantitative estimate of drug-likeness (QED) is 0.217. The highest BCUT2D eigenvalue weighted by molar-refractivity contribution is 5.83. The first-order valence-electron chi connectivity index (χ1n) is 4.68. The molecule has 104 valence electrons. The van der Waals surface area contributed by atoms with Crippen LogP contribution in [0.1, 0.15) is 19.3 Å². The summed E-state index contributed by atoms with van der Waals surface area (Å²) in [5, 5.41) is 16.0. The molecule has 0 spiro atoms. The molecule has 0 rings (SSSR count). The zero-order valence-corrected chi connectivity index (χ0v) is 9.46. The number of hydrogen-bond donors (Lipinski definition) is 6. The second-order valence-corrected chi connectivity index (χ2v) is 3.12. The minimum Gasteiger partial charge on any atom is -0.480 e. The van der Waals surface area contributed by atoms with Crippen molar-refractivity contribution in [1.82, 2.24) is 5.48 Å². The number of carbonyl (C=O) groups excluding carboxylic acids is 3. The topological polar surface area (TPSA) is 199 Å². The van der Waals surface area contributed by atoms with Gasteiger partial charge in [0, 0.05) is 12.8 Å². The largest absolute Gasteiger partial charge is 0.480 e. The van der Waals surface area contributed by atoms with Crippen molar-refractivity contribution in [1.29, 1.82) is 0 Å². The highest BCUT2D eigenvalue weighted by Gasteiger charge is 2.13. The van der Waals surface area contributed by atoms with Crippen LogP contribution in [0.15, 0.2) is 0 Å². The van der Waals surface area contributed by atoms with Crippen molar-refractivity contribution < 1.29 is 29.5 Å². The van der Waals surface area contributed by atoms with Gasteiger partial charge < -0.3 is 22.3 Å². The number of carbonyl (C=O) groups is 4. The summed E-state index contributed by atoms with van der Waals surface area (Å²) in [5.41, 5.74) is 15.6. The highest BCUT2D eigenvalue weighted by Crippen LogP contribution is 1.85. The zero-order valence-electron chi connectivity index (χ0n) is 9.46. The fourth-order valence-electron chi connectivity index (χ4n) is 0.597. The van der Waals surface area contributed by atoms with E-state index in [0.717, 1.165) is 0 Å². The number of rotatable bonds is 6. The molecule has 0 saturated heterocycles. The molecule has 1 unspecified atom stereocenters. The molecule has 0 saturated carbocycles. The molecule has 0 aromatic heterocycles. The molecule has 18 heavy (non-hydrogen) atoms. The lowest BCUT2D eigenvalue weighted by Crippen LogP contribution is -2.34. The number of primary amides is 2. The highest BCUT2D eigenvalue weighted by atomic mass is 16.5. The van der Waals surface area contributed by atoms with Crippen LogP contribution in [-0.4, -0.2) is 40.0 Å². The molecule has 9 N–H and O–H groups in total. The van der Waals surface area contributed by atoms with E-state index < -0.39 is 29.7 Å². The van der Waals surface area contributed by atoms with Gasteiger partial charge in [-0.3, -0.25) is 24.4 Å². The normalized spacial score (nSPS) is 10.6. The van der Waals surface area contributed by atoms with Crippen molar-refractivity contribution >= 4 is 23.7 Å². The van der Waals surface area contributed by atoms with Crippen LogP contribution in [0.4, 0.5) is 0 Å². The Morgan fingerprint density at radius 1 is 1.06 bits per heavy atom. The zero-order chi connectivity index (χ0) is 14.7. The molecular formula is C8H16N4O6. The van der Waals surface area contributed by atoms with Gasteiger partial charge in [-0.1, -0.05) is 0 Å². The molecule has 0 aromatic rings. The van der Waals surface area contributed by atoms with E-state index in [9.17, 15) is 19.2 Å². The maximum Gasteiger partial charge on any atom is 0.321 e. The van der Waals surface area contributed by atoms with Gasteiger partial charge in [-0.2, -0.15) is 0 Å². The van der Waals surface area contributed by atoms with Crippen molar-refractivity contribution in [3.8, 4) is 0 Å². The predicted octanol–water partition coefficient (Wildman–Crippen LogP) is -2.97. The molecule has 0 bridgehead atoms. The van der Waals surface area contributed by atoms with Gasteiger partial charge in [0.2, 0.25) is 17.7 Å². The van der Waals surface area contributed by atoms with Crippen LogP contribution in [0.2, 0.25) is 0 Å². The number of hydrogen-bond acceptors (Lipinski definition) is 6. The molecule has 0 fully saturated rings. The lowest BCUT2D eigenvalue weighted by Gasteiger charge is -1.99. The second kappa shape index (κ2) is 9.99. The molecule has 0 aliphatic rings. The van der Waals surface area contributed by atoms with E-state index >= 15 is 0 Å². The minimum absolute atomic E-state index is 0.0353. The molecule has 0 heterocycles. The summed E-state index contributed by atoms with van der Waals surface area (Å²) in [6, 6.07) is -1.16. The maximum absolute atomic E-state index is 10.1. The van der Waals surface area contributed by atoms with Crippen LogP contribution in [0.25, 0.3) is 0 Å². The summed E-state index contributed by atoms with van der Waals surface area (Å²) < 4.78 is 0. The van der Waals surface area contributed by atoms with Crippen LogP contribution in [0.3, 0.4) is 0 Å². The number of nitrogens with two attached hydrogens (primary N) is 3. The molecule has 3 amide bonds. The monoisotopic (exact) mass is 264 g/mol. The van der Waals surface area contributed by atoms with E-state index in [4.69, 9.17) is 21.8 Å². The third-order valence-corrected chi connectivity index (χ3v) is 1.46. The van der Waals surface area contributed by atoms with Gasteiger partial charge in [0.1, 0.15) is 6.04 Å². The Hall–Kier alpha value is -2.20. The van der Waals surface area contributed by atoms with Crippen LogP contribution in [0.5, 0.6) is 0 Å². The summed E-state index contributed by atoms with van der Waals surface area (Å²) in [6.07, 6.45) is -0.409. The van der Waals surface area contributed by atoms with Crippen LogP contribution < -0.4 is 22.7 Å². The maximum atomic E-state index is 10.1. The van der Waals surface area contributed by atoms with E-state index in [2.05, 4.69) is 5.73 Å². The van der Waals surface area contributed by atoms with Gasteiger partial charge in [0.15, 0.2) is 0 Å². The number of aliphatic carboxylic acids is 1. The SMILES string of the molecule is NC(=O)CC(N)C(=O)O.NC(=O)CCC(=O)NO. The molecule has 0 aromatic carbocycles. The van der Waals surface area contributed by atoms with Crippen molar-refractivity contribution in [2.45, 2.75) is 25.3 Å². The van der Waals surface area contributed by atoms with Gasteiger partial charge in [-0.05, 0) is 0 Å². The second-order valence-electron chi connectivity index (χ2n) is 3.12. The minimum atomic E-state index is -1.21. The first-order valence-corrected chi connectivity index (χ1v) is 4.68. The van der Waals surface area contributed by atoms with Crippen molar-refractivity contribution in [3.05, 3.63) is 0 Å². The average Bonchev–Trinajstić information content (AvgIpc) is 2.25. The third-order valence-electron chi connectivity index (χ3n) is 1.46. The van der Waals surface area contributed by atoms with Crippen LogP contribution in [0, 0.1) is 0 Å². The number of hydroxylamine groups is 1. The average molecular weight is 264 g/mol. The first-order chi connectivity index (χ1) is 8.20. The molecule has 10 nitrogen and oxygen atoms in total. The molecule has 0 radical (unpaired) electrons. The summed E-state index contributed by atoms with van der Waals surface area (Å²) in [4.78, 5) is 40.0. The third kappa shape index (κ3) is 13.8. The molecule has 1 atom stereocenters. The summed E-state index contributed by atoms with van der Waals surface area (Å²) in [7, 11) is 0. The Bertz CT molecular complexity index is 317. The smallest absolute Gasteiger partial charge is 0.321 e.